The number of nitrogens with zero attached hydrogens (tertiary/aromatic N) is 4. The lowest BCUT2D eigenvalue weighted by molar-refractivity contribution is -0.130. The van der Waals surface area contributed by atoms with Crippen molar-refractivity contribution in [3.8, 4) is 17.2 Å². The van der Waals surface area contributed by atoms with E-state index in [0.29, 0.717) is 16.8 Å². The molecule has 0 unspecified atom stereocenters. The van der Waals surface area contributed by atoms with E-state index in [4.69, 9.17) is 5.26 Å². The van der Waals surface area contributed by atoms with Gasteiger partial charge in [-0.05, 0) is 12.5 Å². The molecule has 0 radical (unpaired) electrons. The van der Waals surface area contributed by atoms with E-state index in [9.17, 15) is 9.59 Å². The first kappa shape index (κ1) is 17.8. The van der Waals surface area contributed by atoms with Gasteiger partial charge in [-0.2, -0.15) is 5.26 Å². The average molecular weight is 366 g/mol. The first-order valence-corrected chi connectivity index (χ1v) is 8.99. The monoisotopic (exact) mass is 366 g/mol. The van der Waals surface area contributed by atoms with Gasteiger partial charge >= 0.3 is 0 Å². The minimum absolute atomic E-state index is 0.0905. The summed E-state index contributed by atoms with van der Waals surface area (Å²) in [6.45, 7) is 2.22. The van der Waals surface area contributed by atoms with Gasteiger partial charge < -0.3 is 4.90 Å². The molecule has 0 saturated heterocycles. The first-order chi connectivity index (χ1) is 12.5. The number of carbonyl (C=O) groups is 1. The first-order valence-electron chi connectivity index (χ1n) is 8.17. The van der Waals surface area contributed by atoms with Crippen LogP contribution in [-0.4, -0.2) is 34.0 Å². The van der Waals surface area contributed by atoms with Gasteiger partial charge in [0.05, 0.1) is 24.2 Å². The molecule has 3 aromatic rings. The zero-order chi connectivity index (χ0) is 18.7. The Morgan fingerprint density at radius 3 is 2.77 bits per heavy atom. The number of hydrogen-bond acceptors (Lipinski definition) is 5. The van der Waals surface area contributed by atoms with E-state index in [1.54, 1.807) is 7.05 Å². The molecule has 0 N–H and O–H groups in total. The van der Waals surface area contributed by atoms with E-state index in [-0.39, 0.29) is 24.4 Å². The fourth-order valence-electron chi connectivity index (χ4n) is 2.81. The molecule has 0 bridgehead atoms. The molecule has 3 rings (SSSR count). The second-order valence-electron chi connectivity index (χ2n) is 5.98. The van der Waals surface area contributed by atoms with Crippen molar-refractivity contribution in [1.29, 1.82) is 5.26 Å². The summed E-state index contributed by atoms with van der Waals surface area (Å²) >= 11 is 1.48. The van der Waals surface area contributed by atoms with Gasteiger partial charge in [-0.25, -0.2) is 4.98 Å². The molecular weight excluding hydrogens is 348 g/mol. The van der Waals surface area contributed by atoms with Gasteiger partial charge in [0.1, 0.15) is 11.4 Å². The van der Waals surface area contributed by atoms with E-state index in [0.717, 1.165) is 16.0 Å². The van der Waals surface area contributed by atoms with Gasteiger partial charge in [0.25, 0.3) is 5.56 Å². The van der Waals surface area contributed by atoms with Crippen LogP contribution >= 0.6 is 11.3 Å². The lowest BCUT2D eigenvalue weighted by Crippen LogP contribution is -2.34. The molecule has 6 nitrogen and oxygen atoms in total. The highest BCUT2D eigenvalue weighted by atomic mass is 32.1. The molecule has 26 heavy (non-hydrogen) atoms. The van der Waals surface area contributed by atoms with E-state index in [1.807, 2.05) is 43.3 Å². The highest BCUT2D eigenvalue weighted by Gasteiger charge is 2.18. The van der Waals surface area contributed by atoms with Gasteiger partial charge in [-0.3, -0.25) is 14.2 Å². The van der Waals surface area contributed by atoms with Crippen LogP contribution in [0.4, 0.5) is 0 Å². The Kier molecular flexibility index (Phi) is 5.14. The quantitative estimate of drug-likeness (QED) is 0.695. The molecule has 7 heteroatoms. The second-order valence-corrected chi connectivity index (χ2v) is 7.18. The van der Waals surface area contributed by atoms with Crippen LogP contribution in [0.1, 0.15) is 11.3 Å². The molecule has 0 aliphatic rings. The topological polar surface area (TPSA) is 79.0 Å². The van der Waals surface area contributed by atoms with Crippen LogP contribution in [-0.2, 0) is 11.3 Å². The zero-order valence-electron chi connectivity index (χ0n) is 14.6. The molecule has 1 amide bonds. The number of amides is 1. The van der Waals surface area contributed by atoms with Crippen LogP contribution in [0.5, 0.6) is 0 Å². The van der Waals surface area contributed by atoms with Gasteiger partial charge in [0, 0.05) is 24.0 Å². The normalized spacial score (nSPS) is 10.7. The third kappa shape index (κ3) is 3.37. The highest BCUT2D eigenvalue weighted by molar-refractivity contribution is 7.19. The van der Waals surface area contributed by atoms with Gasteiger partial charge in [-0.1, -0.05) is 30.3 Å². The number of fused-ring (bicyclic) bond motifs is 1. The van der Waals surface area contributed by atoms with E-state index >= 15 is 0 Å². The average Bonchev–Trinajstić information content (AvgIpc) is 2.99. The molecule has 0 spiro atoms. The molecule has 2 aromatic heterocycles. The molecule has 0 saturated carbocycles. The molecular formula is C19H18N4O2S. The van der Waals surface area contributed by atoms with Crippen LogP contribution in [0, 0.1) is 18.3 Å². The summed E-state index contributed by atoms with van der Waals surface area (Å²) in [5.74, 6) is -0.225. The molecule has 0 fully saturated rings. The number of nitriles is 1. The summed E-state index contributed by atoms with van der Waals surface area (Å²) < 4.78 is 1.34. The fraction of sp³-hybridized carbons (Fsp3) is 0.263. The standard InChI is InChI=1S/C19H18N4O2S/c1-13-16(14-7-4-3-5-8-14)17-18(26-13)21-12-23(19(17)25)11-15(24)22(2)10-6-9-20/h3-5,7-8,12H,6,10-11H2,1-2H3. The lowest BCUT2D eigenvalue weighted by atomic mass is 10.0. The predicted octanol–water partition coefficient (Wildman–Crippen LogP) is 2.81. The number of carbonyl (C=O) groups excluding carboxylic acids is 1. The Morgan fingerprint density at radius 2 is 2.08 bits per heavy atom. The Balaban J connectivity index is 2.02. The smallest absolute Gasteiger partial charge is 0.263 e. The molecule has 0 aliphatic heterocycles. The lowest BCUT2D eigenvalue weighted by Gasteiger charge is -2.16. The van der Waals surface area contributed by atoms with Gasteiger partial charge in [0.15, 0.2) is 0 Å². The summed E-state index contributed by atoms with van der Waals surface area (Å²) in [5, 5.41) is 9.19. The second kappa shape index (κ2) is 7.50. The van der Waals surface area contributed by atoms with Crippen molar-refractivity contribution in [3.63, 3.8) is 0 Å². The van der Waals surface area contributed by atoms with Gasteiger partial charge in [-0.15, -0.1) is 11.3 Å². The SMILES string of the molecule is Cc1sc2ncn(CC(=O)N(C)CCC#N)c(=O)c2c1-c1ccccc1. The van der Waals surface area contributed by atoms with E-state index < -0.39 is 0 Å². The molecule has 0 aliphatic carbocycles. The highest BCUT2D eigenvalue weighted by Crippen LogP contribution is 2.35. The Morgan fingerprint density at radius 1 is 1.35 bits per heavy atom. The fourth-order valence-corrected chi connectivity index (χ4v) is 3.81. The molecule has 2 heterocycles. The van der Waals surface area contributed by atoms with E-state index in [1.165, 1.54) is 27.1 Å². The van der Waals surface area contributed by atoms with E-state index in [2.05, 4.69) is 4.98 Å². The number of aryl methyl sites for hydroxylation is 1. The van der Waals surface area contributed by atoms with Gasteiger partial charge in [0.2, 0.25) is 5.91 Å². The minimum Gasteiger partial charge on any atom is -0.343 e. The molecule has 1 aromatic carbocycles. The number of hydrogen-bond donors (Lipinski definition) is 0. The van der Waals surface area contributed by atoms with Crippen LogP contribution < -0.4 is 5.56 Å². The zero-order valence-corrected chi connectivity index (χ0v) is 15.4. The van der Waals surface area contributed by atoms with Crippen molar-refractivity contribution < 1.29 is 4.79 Å². The van der Waals surface area contributed by atoms with Crippen molar-refractivity contribution in [1.82, 2.24) is 14.5 Å². The maximum absolute atomic E-state index is 13.0. The number of likely N-dealkylation sites (N-methyl/N-ethyl adjacent to an activating group) is 1. The van der Waals surface area contributed by atoms with Crippen LogP contribution in [0.15, 0.2) is 41.5 Å². The maximum Gasteiger partial charge on any atom is 0.263 e. The Hall–Kier alpha value is -2.98. The Labute approximate surface area is 154 Å². The largest absolute Gasteiger partial charge is 0.343 e. The summed E-state index contributed by atoms with van der Waals surface area (Å²) in [7, 11) is 1.63. The Bertz CT molecular complexity index is 1050. The molecule has 0 atom stereocenters. The maximum atomic E-state index is 13.0. The van der Waals surface area contributed by atoms with Crippen LogP contribution in [0.2, 0.25) is 0 Å². The summed E-state index contributed by atoms with van der Waals surface area (Å²) in [4.78, 5) is 32.8. The summed E-state index contributed by atoms with van der Waals surface area (Å²) in [6, 6.07) is 11.7. The van der Waals surface area contributed by atoms with Crippen molar-refractivity contribution >= 4 is 27.5 Å². The van der Waals surface area contributed by atoms with Crippen LogP contribution in [0.25, 0.3) is 21.3 Å². The third-order valence-corrected chi connectivity index (χ3v) is 5.22. The van der Waals surface area contributed by atoms with Crippen molar-refractivity contribution in [3.05, 3.63) is 51.9 Å². The number of benzene rings is 1. The van der Waals surface area contributed by atoms with Crippen molar-refractivity contribution in [2.24, 2.45) is 0 Å². The third-order valence-electron chi connectivity index (χ3n) is 4.21. The number of rotatable bonds is 5. The molecule has 132 valence electrons. The minimum atomic E-state index is -0.225. The summed E-state index contributed by atoms with van der Waals surface area (Å²) in [5.41, 5.74) is 1.62. The predicted molar refractivity (Wildman–Crippen MR) is 102 cm³/mol. The van der Waals surface area contributed by atoms with Crippen LogP contribution in [0.3, 0.4) is 0 Å². The number of aromatic nitrogens is 2. The summed E-state index contributed by atoms with van der Waals surface area (Å²) in [6.07, 6.45) is 1.68. The number of thiophene rings is 1. The van der Waals surface area contributed by atoms with Crippen molar-refractivity contribution in [2.75, 3.05) is 13.6 Å². The van der Waals surface area contributed by atoms with Crippen molar-refractivity contribution in [2.45, 2.75) is 19.9 Å².